The highest BCUT2D eigenvalue weighted by atomic mass is 16.5. The van der Waals surface area contributed by atoms with Gasteiger partial charge in [-0.3, -0.25) is 0 Å². The summed E-state index contributed by atoms with van der Waals surface area (Å²) in [6.07, 6.45) is 2.32. The molecule has 2 aromatic rings. The van der Waals surface area contributed by atoms with Gasteiger partial charge in [0, 0.05) is 5.92 Å². The number of ether oxygens (including phenoxy) is 1. The zero-order chi connectivity index (χ0) is 12.5. The van der Waals surface area contributed by atoms with E-state index in [4.69, 9.17) is 12.6 Å². The van der Waals surface area contributed by atoms with Crippen molar-refractivity contribution in [3.05, 3.63) is 59.2 Å². The third-order valence-electron chi connectivity index (χ3n) is 3.77. The predicted molar refractivity (Wildman–Crippen MR) is 75.0 cm³/mol. The molecule has 0 bridgehead atoms. The molecule has 0 saturated heterocycles. The van der Waals surface area contributed by atoms with Gasteiger partial charge in [0.05, 0.1) is 7.11 Å². The molecule has 1 aliphatic carbocycles. The molecule has 88 valence electrons. The first-order valence-electron chi connectivity index (χ1n) is 6.30. The van der Waals surface area contributed by atoms with Crippen molar-refractivity contribution in [3.63, 3.8) is 0 Å². The molecule has 3 rings (SSSR count). The molecule has 1 nitrogen and oxygen atoms in total. The number of benzene rings is 2. The zero-order valence-electron chi connectivity index (χ0n) is 10.5. The van der Waals surface area contributed by atoms with Crippen molar-refractivity contribution in [3.8, 4) is 5.75 Å². The van der Waals surface area contributed by atoms with E-state index in [1.54, 1.807) is 7.11 Å². The van der Waals surface area contributed by atoms with E-state index in [1.807, 2.05) is 18.2 Å². The fourth-order valence-corrected chi connectivity index (χ4v) is 2.80. The molecular formula is C16H15BO. The number of methoxy groups -OCH3 is 1. The molecule has 0 saturated carbocycles. The first-order valence-corrected chi connectivity index (χ1v) is 6.30. The smallest absolute Gasteiger partial charge is 0.118 e. The second-order valence-corrected chi connectivity index (χ2v) is 4.82. The molecule has 2 heteroatoms. The summed E-state index contributed by atoms with van der Waals surface area (Å²) in [5.41, 5.74) is 5.03. The largest absolute Gasteiger partial charge is 0.497 e. The van der Waals surface area contributed by atoms with E-state index in [0.29, 0.717) is 5.92 Å². The van der Waals surface area contributed by atoms with Crippen LogP contribution in [-0.4, -0.2) is 15.0 Å². The van der Waals surface area contributed by atoms with E-state index in [1.165, 1.54) is 23.1 Å². The van der Waals surface area contributed by atoms with Gasteiger partial charge in [-0.1, -0.05) is 35.8 Å². The van der Waals surface area contributed by atoms with Crippen LogP contribution in [0.5, 0.6) is 5.75 Å². The Labute approximate surface area is 109 Å². The number of fused-ring (bicyclic) bond motifs is 1. The molecule has 0 N–H and O–H groups in total. The molecule has 2 radical (unpaired) electrons. The Morgan fingerprint density at radius 3 is 2.61 bits per heavy atom. The van der Waals surface area contributed by atoms with Crippen molar-refractivity contribution in [2.75, 3.05) is 7.11 Å². The molecule has 1 aliphatic rings. The van der Waals surface area contributed by atoms with E-state index in [9.17, 15) is 0 Å². The molecule has 0 fully saturated rings. The highest BCUT2D eigenvalue weighted by molar-refractivity contribution is 6.32. The summed E-state index contributed by atoms with van der Waals surface area (Å²) < 4.78 is 5.20. The minimum Gasteiger partial charge on any atom is -0.497 e. The maximum Gasteiger partial charge on any atom is 0.118 e. The van der Waals surface area contributed by atoms with E-state index in [2.05, 4.69) is 24.3 Å². The number of hydrogen-bond donors (Lipinski definition) is 0. The summed E-state index contributed by atoms with van der Waals surface area (Å²) in [7, 11) is 7.59. The Bertz CT molecular complexity index is 560. The molecule has 0 amide bonds. The average Bonchev–Trinajstić information content (AvgIpc) is 2.82. The van der Waals surface area contributed by atoms with Crippen LogP contribution < -0.4 is 10.2 Å². The second kappa shape index (κ2) is 4.53. The second-order valence-electron chi connectivity index (χ2n) is 4.82. The third kappa shape index (κ3) is 1.92. The van der Waals surface area contributed by atoms with E-state index in [0.717, 1.165) is 17.6 Å². The van der Waals surface area contributed by atoms with Crippen LogP contribution in [0, 0.1) is 0 Å². The minimum absolute atomic E-state index is 0.481. The van der Waals surface area contributed by atoms with Gasteiger partial charge in [-0.05, 0) is 41.7 Å². The maximum absolute atomic E-state index is 5.90. The molecule has 1 atom stereocenters. The van der Waals surface area contributed by atoms with Gasteiger partial charge in [0.25, 0.3) is 0 Å². The van der Waals surface area contributed by atoms with Gasteiger partial charge in [-0.15, -0.1) is 0 Å². The molecule has 2 aromatic carbocycles. The summed E-state index contributed by atoms with van der Waals surface area (Å²) in [4.78, 5) is 0. The lowest BCUT2D eigenvalue weighted by molar-refractivity contribution is 0.414. The number of rotatable bonds is 2. The van der Waals surface area contributed by atoms with Crippen LogP contribution in [0.2, 0.25) is 0 Å². The van der Waals surface area contributed by atoms with Gasteiger partial charge < -0.3 is 4.74 Å². The van der Waals surface area contributed by atoms with Gasteiger partial charge >= 0.3 is 0 Å². The van der Waals surface area contributed by atoms with Crippen LogP contribution in [0.1, 0.15) is 29.0 Å². The molecular weight excluding hydrogens is 219 g/mol. The molecule has 0 spiro atoms. The Balaban J connectivity index is 1.97. The van der Waals surface area contributed by atoms with Crippen LogP contribution in [-0.2, 0) is 6.42 Å². The molecule has 0 heterocycles. The van der Waals surface area contributed by atoms with Gasteiger partial charge in [0.15, 0.2) is 0 Å². The molecule has 18 heavy (non-hydrogen) atoms. The molecule has 0 aliphatic heterocycles. The van der Waals surface area contributed by atoms with E-state index in [-0.39, 0.29) is 0 Å². The van der Waals surface area contributed by atoms with Gasteiger partial charge in [0.2, 0.25) is 0 Å². The standard InChI is InChI=1S/C16H15BO/c1-18-14-7-3-11(4-8-14)15-9-5-12-2-6-13(17)10-16(12)15/h2-4,6-8,10,15H,5,9H2,1H3. The third-order valence-corrected chi connectivity index (χ3v) is 3.77. The van der Waals surface area contributed by atoms with Gasteiger partial charge in [-0.2, -0.15) is 0 Å². The van der Waals surface area contributed by atoms with Crippen molar-refractivity contribution in [2.45, 2.75) is 18.8 Å². The lowest BCUT2D eigenvalue weighted by Gasteiger charge is -2.13. The monoisotopic (exact) mass is 234 g/mol. The lowest BCUT2D eigenvalue weighted by Crippen LogP contribution is -2.05. The van der Waals surface area contributed by atoms with Crippen molar-refractivity contribution < 1.29 is 4.74 Å². The predicted octanol–water partition coefficient (Wildman–Crippen LogP) is 2.57. The van der Waals surface area contributed by atoms with Crippen molar-refractivity contribution in [1.29, 1.82) is 0 Å². The van der Waals surface area contributed by atoms with Crippen molar-refractivity contribution in [1.82, 2.24) is 0 Å². The fraction of sp³-hybridized carbons (Fsp3) is 0.250. The summed E-state index contributed by atoms with van der Waals surface area (Å²) in [6, 6.07) is 14.6. The van der Waals surface area contributed by atoms with Crippen LogP contribution in [0.25, 0.3) is 0 Å². The SMILES string of the molecule is [B]c1ccc2c(c1)C(c1ccc(OC)cc1)CC2. The zero-order valence-corrected chi connectivity index (χ0v) is 10.5. The normalized spacial score (nSPS) is 17.5. The highest BCUT2D eigenvalue weighted by Gasteiger charge is 2.23. The van der Waals surface area contributed by atoms with Crippen molar-refractivity contribution >= 4 is 13.3 Å². The number of hydrogen-bond acceptors (Lipinski definition) is 1. The van der Waals surface area contributed by atoms with Crippen LogP contribution in [0.15, 0.2) is 42.5 Å². The average molecular weight is 234 g/mol. The van der Waals surface area contributed by atoms with Crippen LogP contribution in [0.3, 0.4) is 0 Å². The van der Waals surface area contributed by atoms with Gasteiger partial charge in [-0.25, -0.2) is 0 Å². The summed E-state index contributed by atoms with van der Waals surface area (Å²) >= 11 is 0. The first-order chi connectivity index (χ1) is 8.78. The van der Waals surface area contributed by atoms with E-state index < -0.39 is 0 Å². The van der Waals surface area contributed by atoms with Gasteiger partial charge in [0.1, 0.15) is 13.6 Å². The molecule has 1 unspecified atom stereocenters. The number of aryl methyl sites for hydroxylation is 1. The minimum atomic E-state index is 0.481. The summed E-state index contributed by atoms with van der Waals surface area (Å²) in [5.74, 6) is 1.39. The Morgan fingerprint density at radius 2 is 1.89 bits per heavy atom. The van der Waals surface area contributed by atoms with Crippen LogP contribution in [0.4, 0.5) is 0 Å². The maximum atomic E-state index is 5.90. The summed E-state index contributed by atoms with van der Waals surface area (Å²) in [6.45, 7) is 0. The van der Waals surface area contributed by atoms with Crippen molar-refractivity contribution in [2.24, 2.45) is 0 Å². The van der Waals surface area contributed by atoms with Crippen LogP contribution >= 0.6 is 0 Å². The Kier molecular flexibility index (Phi) is 2.87. The Morgan fingerprint density at radius 1 is 1.11 bits per heavy atom. The highest BCUT2D eigenvalue weighted by Crippen LogP contribution is 2.37. The lowest BCUT2D eigenvalue weighted by atomic mass is 9.87. The van der Waals surface area contributed by atoms with E-state index >= 15 is 0 Å². The molecule has 0 aromatic heterocycles. The first kappa shape index (κ1) is 11.4. The topological polar surface area (TPSA) is 9.23 Å². The Hall–Kier alpha value is -1.70. The quantitative estimate of drug-likeness (QED) is 0.725. The fourth-order valence-electron chi connectivity index (χ4n) is 2.80. The summed E-state index contributed by atoms with van der Waals surface area (Å²) in [5, 5.41) is 0.